The van der Waals surface area contributed by atoms with Gasteiger partial charge in [-0.2, -0.15) is 0 Å². The number of thiazole rings is 1. The topological polar surface area (TPSA) is 24.9 Å². The van der Waals surface area contributed by atoms with Gasteiger partial charge in [-0.05, 0) is 56.3 Å². The average Bonchev–Trinajstić information content (AvgIpc) is 2.91. The molecule has 2 aromatic rings. The van der Waals surface area contributed by atoms with E-state index in [1.54, 1.807) is 0 Å². The van der Waals surface area contributed by atoms with E-state index in [-0.39, 0.29) is 6.04 Å². The molecular formula is C17H21BrN2S. The van der Waals surface area contributed by atoms with E-state index in [9.17, 15) is 0 Å². The van der Waals surface area contributed by atoms with Gasteiger partial charge >= 0.3 is 0 Å². The molecule has 4 heteroatoms. The van der Waals surface area contributed by atoms with Crippen LogP contribution in [0.5, 0.6) is 0 Å². The van der Waals surface area contributed by atoms with Crippen LogP contribution >= 0.6 is 27.3 Å². The first-order valence-electron chi connectivity index (χ1n) is 7.67. The average molecular weight is 365 g/mol. The first-order chi connectivity index (χ1) is 10.2. The van der Waals surface area contributed by atoms with Crippen LogP contribution in [0.1, 0.15) is 52.5 Å². The third-order valence-corrected chi connectivity index (χ3v) is 6.14. The summed E-state index contributed by atoms with van der Waals surface area (Å²) in [5.41, 5.74) is 3.93. The maximum absolute atomic E-state index is 4.94. The minimum Gasteiger partial charge on any atom is -0.305 e. The van der Waals surface area contributed by atoms with Crippen LogP contribution in [0.4, 0.5) is 0 Å². The molecule has 1 heterocycles. The van der Waals surface area contributed by atoms with Gasteiger partial charge in [0.1, 0.15) is 5.01 Å². The molecule has 0 fully saturated rings. The van der Waals surface area contributed by atoms with Crippen LogP contribution < -0.4 is 5.32 Å². The second kappa shape index (κ2) is 6.59. The van der Waals surface area contributed by atoms with Crippen molar-refractivity contribution in [3.05, 3.63) is 49.4 Å². The zero-order valence-electron chi connectivity index (χ0n) is 12.6. The fourth-order valence-electron chi connectivity index (χ4n) is 2.89. The Labute approximate surface area is 139 Å². The fourth-order valence-corrected chi connectivity index (χ4v) is 4.40. The molecule has 112 valence electrons. The van der Waals surface area contributed by atoms with Crippen molar-refractivity contribution in [3.63, 3.8) is 0 Å². The molecule has 0 bridgehead atoms. The number of nitrogens with one attached hydrogen (secondary N) is 1. The minimum absolute atomic E-state index is 0.220. The third kappa shape index (κ3) is 3.22. The summed E-state index contributed by atoms with van der Waals surface area (Å²) in [6.45, 7) is 5.25. The van der Waals surface area contributed by atoms with Gasteiger partial charge in [-0.15, -0.1) is 11.3 Å². The molecule has 1 unspecified atom stereocenters. The van der Waals surface area contributed by atoms with Crippen LogP contribution in [0, 0.1) is 6.92 Å². The number of benzene rings is 1. The van der Waals surface area contributed by atoms with Gasteiger partial charge in [0, 0.05) is 9.35 Å². The quantitative estimate of drug-likeness (QED) is 0.843. The standard InChI is InChI=1S/C17H21BrN2S/c1-3-19-16(12-8-9-13(18)11(2)10-12)17-20-14-6-4-5-7-15(14)21-17/h8-10,16,19H,3-7H2,1-2H3. The van der Waals surface area contributed by atoms with Gasteiger partial charge in [-0.1, -0.05) is 35.0 Å². The number of nitrogens with zero attached hydrogens (tertiary/aromatic N) is 1. The molecule has 1 aromatic carbocycles. The Hall–Kier alpha value is -0.710. The summed E-state index contributed by atoms with van der Waals surface area (Å²) < 4.78 is 1.17. The lowest BCUT2D eigenvalue weighted by Crippen LogP contribution is -2.22. The number of rotatable bonds is 4. The number of hydrogen-bond acceptors (Lipinski definition) is 3. The zero-order valence-corrected chi connectivity index (χ0v) is 15.0. The molecule has 0 radical (unpaired) electrons. The molecule has 1 N–H and O–H groups in total. The van der Waals surface area contributed by atoms with Crippen molar-refractivity contribution in [2.24, 2.45) is 0 Å². The number of fused-ring (bicyclic) bond motifs is 1. The lowest BCUT2D eigenvalue weighted by Gasteiger charge is -2.17. The number of aryl methyl sites for hydroxylation is 3. The van der Waals surface area contributed by atoms with Gasteiger partial charge in [0.2, 0.25) is 0 Å². The number of aromatic nitrogens is 1. The van der Waals surface area contributed by atoms with Gasteiger partial charge in [-0.25, -0.2) is 4.98 Å². The van der Waals surface area contributed by atoms with Crippen LogP contribution in [0.2, 0.25) is 0 Å². The number of hydrogen-bond donors (Lipinski definition) is 1. The van der Waals surface area contributed by atoms with Crippen molar-refractivity contribution in [2.75, 3.05) is 6.54 Å². The second-order valence-electron chi connectivity index (χ2n) is 5.63. The second-order valence-corrected chi connectivity index (χ2v) is 7.60. The number of halogens is 1. The molecule has 3 rings (SSSR count). The van der Waals surface area contributed by atoms with Gasteiger partial charge in [0.15, 0.2) is 0 Å². The molecule has 0 spiro atoms. The molecule has 1 atom stereocenters. The molecule has 1 aliphatic rings. The summed E-state index contributed by atoms with van der Waals surface area (Å²) >= 11 is 5.49. The Balaban J connectivity index is 1.96. The summed E-state index contributed by atoms with van der Waals surface area (Å²) in [6.07, 6.45) is 4.98. The highest BCUT2D eigenvalue weighted by molar-refractivity contribution is 9.10. The predicted molar refractivity (Wildman–Crippen MR) is 93.2 cm³/mol. The van der Waals surface area contributed by atoms with Gasteiger partial charge < -0.3 is 5.32 Å². The minimum atomic E-state index is 0.220. The summed E-state index contributed by atoms with van der Waals surface area (Å²) in [4.78, 5) is 6.45. The molecule has 2 nitrogen and oxygen atoms in total. The fraction of sp³-hybridized carbons (Fsp3) is 0.471. The highest BCUT2D eigenvalue weighted by Gasteiger charge is 2.22. The summed E-state index contributed by atoms with van der Waals surface area (Å²) in [7, 11) is 0. The first kappa shape index (κ1) is 15.2. The van der Waals surface area contributed by atoms with Crippen molar-refractivity contribution >= 4 is 27.3 Å². The van der Waals surface area contributed by atoms with E-state index in [0.717, 1.165) is 13.0 Å². The van der Waals surface area contributed by atoms with E-state index < -0.39 is 0 Å². The van der Waals surface area contributed by atoms with Gasteiger partial charge in [0.05, 0.1) is 11.7 Å². The summed E-state index contributed by atoms with van der Waals surface area (Å²) in [5, 5.41) is 4.83. The van der Waals surface area contributed by atoms with E-state index in [1.807, 2.05) is 11.3 Å². The third-order valence-electron chi connectivity index (χ3n) is 4.03. The molecule has 0 amide bonds. The highest BCUT2D eigenvalue weighted by Crippen LogP contribution is 2.33. The Bertz CT molecular complexity index is 612. The largest absolute Gasteiger partial charge is 0.305 e. The van der Waals surface area contributed by atoms with E-state index in [2.05, 4.69) is 53.3 Å². The van der Waals surface area contributed by atoms with E-state index in [0.29, 0.717) is 0 Å². The van der Waals surface area contributed by atoms with Crippen molar-refractivity contribution in [1.29, 1.82) is 0 Å². The van der Waals surface area contributed by atoms with Gasteiger partial charge in [-0.3, -0.25) is 0 Å². The lowest BCUT2D eigenvalue weighted by molar-refractivity contribution is 0.620. The predicted octanol–water partition coefficient (Wildman–Crippen LogP) is 4.79. The smallest absolute Gasteiger partial charge is 0.115 e. The van der Waals surface area contributed by atoms with Crippen LogP contribution in [0.25, 0.3) is 0 Å². The molecule has 0 saturated carbocycles. The molecule has 0 saturated heterocycles. The van der Waals surface area contributed by atoms with Crippen LogP contribution in [-0.2, 0) is 12.8 Å². The summed E-state index contributed by atoms with van der Waals surface area (Å²) in [5.74, 6) is 0. The Kier molecular flexibility index (Phi) is 4.77. The van der Waals surface area contributed by atoms with Crippen molar-refractivity contribution in [3.8, 4) is 0 Å². The zero-order chi connectivity index (χ0) is 14.8. The monoisotopic (exact) mass is 364 g/mol. The molecule has 1 aromatic heterocycles. The van der Waals surface area contributed by atoms with Crippen molar-refractivity contribution in [2.45, 2.75) is 45.6 Å². The van der Waals surface area contributed by atoms with E-state index in [4.69, 9.17) is 4.98 Å². The summed E-state index contributed by atoms with van der Waals surface area (Å²) in [6, 6.07) is 6.82. The van der Waals surface area contributed by atoms with E-state index >= 15 is 0 Å². The van der Waals surface area contributed by atoms with Crippen LogP contribution in [0.3, 0.4) is 0 Å². The lowest BCUT2D eigenvalue weighted by atomic mass is 10.0. The van der Waals surface area contributed by atoms with Crippen molar-refractivity contribution < 1.29 is 0 Å². The Morgan fingerprint density at radius 1 is 1.33 bits per heavy atom. The maximum Gasteiger partial charge on any atom is 0.115 e. The SMILES string of the molecule is CCNC(c1ccc(Br)c(C)c1)c1nc2c(s1)CCCC2. The van der Waals surface area contributed by atoms with Crippen molar-refractivity contribution in [1.82, 2.24) is 10.3 Å². The molecular weight excluding hydrogens is 344 g/mol. The van der Waals surface area contributed by atoms with Gasteiger partial charge in [0.25, 0.3) is 0 Å². The maximum atomic E-state index is 4.94. The normalized spacial score (nSPS) is 15.8. The Morgan fingerprint density at radius 3 is 2.86 bits per heavy atom. The molecule has 21 heavy (non-hydrogen) atoms. The highest BCUT2D eigenvalue weighted by atomic mass is 79.9. The first-order valence-corrected chi connectivity index (χ1v) is 9.28. The van der Waals surface area contributed by atoms with E-state index in [1.165, 1.54) is 50.4 Å². The molecule has 1 aliphatic carbocycles. The molecule has 0 aliphatic heterocycles. The van der Waals surface area contributed by atoms with Crippen LogP contribution in [0.15, 0.2) is 22.7 Å². The Morgan fingerprint density at radius 2 is 2.14 bits per heavy atom. The van der Waals surface area contributed by atoms with Crippen LogP contribution in [-0.4, -0.2) is 11.5 Å².